The predicted molar refractivity (Wildman–Crippen MR) is 48.7 cm³/mol. The average Bonchev–Trinajstić information content (AvgIpc) is 2.15. The molecule has 2 atom stereocenters. The van der Waals surface area contributed by atoms with Gasteiger partial charge in [0.15, 0.2) is 0 Å². The number of hydrogen-bond acceptors (Lipinski definition) is 6. The van der Waals surface area contributed by atoms with Crippen molar-refractivity contribution in [3.05, 3.63) is 0 Å². The van der Waals surface area contributed by atoms with E-state index in [1.165, 1.54) is 28.1 Å². The molecule has 0 aromatic heterocycles. The number of carboxylic acid groups (broad SMARTS) is 2. The summed E-state index contributed by atoms with van der Waals surface area (Å²) in [4.78, 5) is 19.4. The molecule has 0 aliphatic rings. The third-order valence-electron chi connectivity index (χ3n) is 1.37. The molecule has 0 rings (SSSR count). The van der Waals surface area contributed by atoms with Crippen LogP contribution < -0.4 is 10.2 Å². The van der Waals surface area contributed by atoms with Gasteiger partial charge in [-0.2, -0.15) is 0 Å². The Labute approximate surface area is 119 Å². The van der Waals surface area contributed by atoms with Crippen LogP contribution in [0.5, 0.6) is 0 Å². The summed E-state index contributed by atoms with van der Waals surface area (Å²) in [5.74, 6) is -2.36. The molecule has 6 nitrogen and oxygen atoms in total. The second kappa shape index (κ2) is 12.2. The van der Waals surface area contributed by atoms with Gasteiger partial charge in [-0.05, 0) is 13.8 Å². The standard InChI is InChI=1S/2C4H8O3.Ca/c2*1-3(7-2)4(5)6;/h2*3H,1-2H3,(H,5,6);/q;;+2/p-2/t2*3-;/m00./s1. The van der Waals surface area contributed by atoms with Crippen molar-refractivity contribution in [2.75, 3.05) is 14.2 Å². The summed E-state index contributed by atoms with van der Waals surface area (Å²) < 4.78 is 8.70. The molecule has 0 N–H and O–H groups in total. The van der Waals surface area contributed by atoms with Gasteiger partial charge in [0.1, 0.15) is 0 Å². The molecule has 0 unspecified atom stereocenters. The van der Waals surface area contributed by atoms with E-state index in [9.17, 15) is 19.8 Å². The van der Waals surface area contributed by atoms with Gasteiger partial charge < -0.3 is 29.3 Å². The number of carbonyl (C=O) groups excluding carboxylic acids is 2. The number of carbonyl (C=O) groups is 2. The molecule has 7 heteroatoms. The van der Waals surface area contributed by atoms with Crippen molar-refractivity contribution < 1.29 is 29.3 Å². The molecule has 0 aromatic carbocycles. The zero-order valence-electron chi connectivity index (χ0n) is 9.31. The second-order valence-corrected chi connectivity index (χ2v) is 2.39. The third-order valence-corrected chi connectivity index (χ3v) is 1.37. The molecule has 0 fully saturated rings. The monoisotopic (exact) mass is 246 g/mol. The minimum atomic E-state index is -1.18. The number of aliphatic carboxylic acids is 2. The van der Waals surface area contributed by atoms with Crippen molar-refractivity contribution in [3.63, 3.8) is 0 Å². The van der Waals surface area contributed by atoms with Gasteiger partial charge in [0, 0.05) is 14.2 Å². The normalized spacial score (nSPS) is 12.5. The van der Waals surface area contributed by atoms with Crippen molar-refractivity contribution >= 4 is 49.7 Å². The zero-order valence-corrected chi connectivity index (χ0v) is 11.5. The quantitative estimate of drug-likeness (QED) is 0.495. The molecule has 0 saturated carbocycles. The van der Waals surface area contributed by atoms with Gasteiger partial charge in [-0.25, -0.2) is 0 Å². The molecule has 15 heavy (non-hydrogen) atoms. The maximum absolute atomic E-state index is 9.69. The Hall–Kier alpha value is 0.120. The fraction of sp³-hybridized carbons (Fsp3) is 0.750. The van der Waals surface area contributed by atoms with Crippen LogP contribution in [-0.4, -0.2) is 76.1 Å². The fourth-order valence-electron chi connectivity index (χ4n) is 0.192. The van der Waals surface area contributed by atoms with Crippen LogP contribution in [0, 0.1) is 0 Å². The number of ether oxygens (including phenoxy) is 2. The van der Waals surface area contributed by atoms with Gasteiger partial charge in [-0.3, -0.25) is 0 Å². The van der Waals surface area contributed by atoms with Crippen LogP contribution >= 0.6 is 0 Å². The summed E-state index contributed by atoms with van der Waals surface area (Å²) >= 11 is 0. The topological polar surface area (TPSA) is 98.7 Å². The first kappa shape index (κ1) is 20.5. The smallest absolute Gasteiger partial charge is 0.547 e. The van der Waals surface area contributed by atoms with Gasteiger partial charge in [0.25, 0.3) is 0 Å². The predicted octanol–water partition coefficient (Wildman–Crippen LogP) is -2.84. The number of methoxy groups -OCH3 is 2. The number of hydrogen-bond donors (Lipinski definition) is 0. The van der Waals surface area contributed by atoms with Gasteiger partial charge >= 0.3 is 37.7 Å². The zero-order chi connectivity index (χ0) is 11.7. The van der Waals surface area contributed by atoms with Gasteiger partial charge in [0.05, 0.1) is 24.1 Å². The molecule has 0 aromatic rings. The molecule has 0 aliphatic heterocycles. The molecule has 0 spiro atoms. The molecular formula is C8H14CaO6. The summed E-state index contributed by atoms with van der Waals surface area (Å²) in [7, 11) is 2.64. The Kier molecular flexibility index (Phi) is 16.7. The SMILES string of the molecule is CO[C@@H](C)C(=O)[O-].CO[C@@H](C)C(=O)[O-].[Ca+2]. The minimum absolute atomic E-state index is 0. The van der Waals surface area contributed by atoms with E-state index in [1.807, 2.05) is 0 Å². The molecule has 0 heterocycles. The van der Waals surface area contributed by atoms with E-state index in [-0.39, 0.29) is 37.7 Å². The largest absolute Gasteiger partial charge is 2.00 e. The Morgan fingerprint density at radius 1 is 0.933 bits per heavy atom. The molecule has 0 radical (unpaired) electrons. The van der Waals surface area contributed by atoms with Crippen molar-refractivity contribution in [1.82, 2.24) is 0 Å². The van der Waals surface area contributed by atoms with Crippen LogP contribution in [-0.2, 0) is 19.1 Å². The van der Waals surface area contributed by atoms with Crippen LogP contribution in [0.3, 0.4) is 0 Å². The number of rotatable bonds is 4. The van der Waals surface area contributed by atoms with Crippen LogP contribution in [0.1, 0.15) is 13.8 Å². The second-order valence-electron chi connectivity index (χ2n) is 2.39. The summed E-state index contributed by atoms with van der Waals surface area (Å²) in [5.41, 5.74) is 0. The third kappa shape index (κ3) is 14.1. The van der Waals surface area contributed by atoms with E-state index in [1.54, 1.807) is 0 Å². The first-order valence-electron chi connectivity index (χ1n) is 3.84. The first-order valence-corrected chi connectivity index (χ1v) is 3.84. The molecule has 0 amide bonds. The van der Waals surface area contributed by atoms with E-state index in [0.29, 0.717) is 0 Å². The summed E-state index contributed by atoms with van der Waals surface area (Å²) in [6, 6.07) is 0. The van der Waals surface area contributed by atoms with Crippen molar-refractivity contribution in [2.45, 2.75) is 26.1 Å². The Morgan fingerprint density at radius 2 is 1.13 bits per heavy atom. The fourth-order valence-corrected chi connectivity index (χ4v) is 0.192. The molecular weight excluding hydrogens is 232 g/mol. The van der Waals surface area contributed by atoms with Crippen molar-refractivity contribution in [2.24, 2.45) is 0 Å². The summed E-state index contributed by atoms with van der Waals surface area (Å²) in [6.45, 7) is 2.82. The Balaban J connectivity index is -0.000000180. The molecule has 84 valence electrons. The Bertz CT molecular complexity index is 164. The minimum Gasteiger partial charge on any atom is -0.547 e. The first-order chi connectivity index (χ1) is 6.36. The maximum Gasteiger partial charge on any atom is 2.00 e. The van der Waals surface area contributed by atoms with Crippen molar-refractivity contribution in [3.8, 4) is 0 Å². The number of carboxylic acids is 2. The van der Waals surface area contributed by atoms with E-state index < -0.39 is 24.1 Å². The Morgan fingerprint density at radius 3 is 1.13 bits per heavy atom. The van der Waals surface area contributed by atoms with Crippen molar-refractivity contribution in [1.29, 1.82) is 0 Å². The maximum atomic E-state index is 9.69. The van der Waals surface area contributed by atoms with E-state index in [4.69, 9.17) is 0 Å². The molecule has 0 bridgehead atoms. The van der Waals surface area contributed by atoms with Gasteiger partial charge in [-0.1, -0.05) is 0 Å². The van der Waals surface area contributed by atoms with Crippen LogP contribution in [0.15, 0.2) is 0 Å². The van der Waals surface area contributed by atoms with E-state index >= 15 is 0 Å². The van der Waals surface area contributed by atoms with E-state index in [2.05, 4.69) is 9.47 Å². The molecule has 0 aliphatic carbocycles. The van der Waals surface area contributed by atoms with Crippen LogP contribution in [0.2, 0.25) is 0 Å². The van der Waals surface area contributed by atoms with Gasteiger partial charge in [0.2, 0.25) is 0 Å². The van der Waals surface area contributed by atoms with E-state index in [0.717, 1.165) is 0 Å². The van der Waals surface area contributed by atoms with Gasteiger partial charge in [-0.15, -0.1) is 0 Å². The van der Waals surface area contributed by atoms with Crippen LogP contribution in [0.4, 0.5) is 0 Å². The summed E-state index contributed by atoms with van der Waals surface area (Å²) in [5, 5.41) is 19.4. The molecule has 0 saturated heterocycles. The summed E-state index contributed by atoms with van der Waals surface area (Å²) in [6.07, 6.45) is -1.58. The average molecular weight is 246 g/mol. The van der Waals surface area contributed by atoms with Crippen LogP contribution in [0.25, 0.3) is 0 Å².